The molecule has 2 bridgehead atoms. The topological polar surface area (TPSA) is 44.3 Å². The van der Waals surface area contributed by atoms with Crippen LogP contribution in [0.3, 0.4) is 0 Å². The van der Waals surface area contributed by atoms with Gasteiger partial charge in [-0.05, 0) is 50.2 Å². The van der Waals surface area contributed by atoms with Gasteiger partial charge in [0, 0.05) is 61.0 Å². The second kappa shape index (κ2) is 6.90. The minimum Gasteiger partial charge on any atom is -0.361 e. The van der Waals surface area contributed by atoms with Crippen molar-refractivity contribution in [2.24, 2.45) is 5.92 Å². The van der Waals surface area contributed by atoms with Crippen molar-refractivity contribution in [3.05, 3.63) is 70.3 Å². The van der Waals surface area contributed by atoms with Crippen molar-refractivity contribution in [3.63, 3.8) is 0 Å². The number of likely N-dealkylation sites (tertiary alicyclic amines) is 1. The van der Waals surface area contributed by atoms with Crippen LogP contribution in [0, 0.1) is 5.92 Å². The van der Waals surface area contributed by atoms with Gasteiger partial charge in [0.05, 0.1) is 6.04 Å². The van der Waals surface area contributed by atoms with Crippen LogP contribution in [-0.4, -0.2) is 53.1 Å². The van der Waals surface area contributed by atoms with Gasteiger partial charge in [0.25, 0.3) is 5.56 Å². The lowest BCUT2D eigenvalue weighted by atomic mass is 9.78. The van der Waals surface area contributed by atoms with E-state index in [-0.39, 0.29) is 11.6 Å². The molecule has 4 heterocycles. The van der Waals surface area contributed by atoms with Crippen molar-refractivity contribution in [1.82, 2.24) is 19.4 Å². The third-order valence-electron chi connectivity index (χ3n) is 6.51. The molecule has 146 valence electrons. The van der Waals surface area contributed by atoms with Gasteiger partial charge in [-0.25, -0.2) is 0 Å². The molecule has 5 rings (SSSR count). The third-order valence-corrected chi connectivity index (χ3v) is 6.51. The van der Waals surface area contributed by atoms with Crippen LogP contribution in [0.15, 0.2) is 53.5 Å². The van der Waals surface area contributed by atoms with Crippen LogP contribution in [-0.2, 0) is 6.54 Å². The Morgan fingerprint density at radius 2 is 1.96 bits per heavy atom. The molecule has 3 atom stereocenters. The van der Waals surface area contributed by atoms with E-state index in [0.717, 1.165) is 26.2 Å². The van der Waals surface area contributed by atoms with Gasteiger partial charge < -0.3 is 14.5 Å². The quantitative estimate of drug-likeness (QED) is 0.761. The maximum atomic E-state index is 12.7. The summed E-state index contributed by atoms with van der Waals surface area (Å²) in [5.74, 6) is 0.954. The lowest BCUT2D eigenvalue weighted by Gasteiger charge is -2.47. The fourth-order valence-corrected chi connectivity index (χ4v) is 5.40. The highest BCUT2D eigenvalue weighted by molar-refractivity contribution is 5.82. The monoisotopic (exact) mass is 376 g/mol. The molecule has 0 saturated carbocycles. The van der Waals surface area contributed by atoms with Crippen LogP contribution in [0.25, 0.3) is 10.9 Å². The fourth-order valence-electron chi connectivity index (χ4n) is 5.40. The van der Waals surface area contributed by atoms with E-state index in [1.165, 1.54) is 28.6 Å². The number of pyridine rings is 1. The second-order valence-electron chi connectivity index (χ2n) is 8.73. The molecule has 3 aromatic rings. The molecule has 0 radical (unpaired) electrons. The van der Waals surface area contributed by atoms with E-state index in [1.807, 2.05) is 12.3 Å². The smallest absolute Gasteiger partial charge is 0.251 e. The standard InChI is InChI=1S/C23H28N4O/c1-25(2)15-22-18-11-17(21-7-4-8-23(28)27(21)22)13-26(14-18)12-16-5-3-6-20-19(16)9-10-24-20/h3-10,17-18,22,24H,11-15H2,1-2H3/t17-,18+,22+/m1/s1. The van der Waals surface area contributed by atoms with Crippen LogP contribution in [0.2, 0.25) is 0 Å². The first-order chi connectivity index (χ1) is 13.6. The molecule has 0 unspecified atom stereocenters. The van der Waals surface area contributed by atoms with Gasteiger partial charge in [0.1, 0.15) is 0 Å². The highest BCUT2D eigenvalue weighted by Crippen LogP contribution is 2.41. The van der Waals surface area contributed by atoms with Gasteiger partial charge in [-0.2, -0.15) is 0 Å². The van der Waals surface area contributed by atoms with Crippen molar-refractivity contribution in [3.8, 4) is 0 Å². The number of benzene rings is 1. The summed E-state index contributed by atoms with van der Waals surface area (Å²) >= 11 is 0. The average Bonchev–Trinajstić information content (AvgIpc) is 3.15. The average molecular weight is 377 g/mol. The number of fused-ring (bicyclic) bond motifs is 5. The summed E-state index contributed by atoms with van der Waals surface area (Å²) in [6, 6.07) is 14.8. The van der Waals surface area contributed by atoms with E-state index in [0.29, 0.717) is 11.8 Å². The predicted octanol–water partition coefficient (Wildman–Crippen LogP) is 3.05. The number of piperidine rings is 1. The highest BCUT2D eigenvalue weighted by Gasteiger charge is 2.40. The molecule has 0 aliphatic carbocycles. The van der Waals surface area contributed by atoms with Gasteiger partial charge >= 0.3 is 0 Å². The Hall–Kier alpha value is -2.37. The normalized spacial score (nSPS) is 24.6. The molecule has 0 amide bonds. The molecule has 1 fully saturated rings. The Bertz CT molecular complexity index is 1050. The number of aromatic amines is 1. The van der Waals surface area contributed by atoms with Gasteiger partial charge in [-0.15, -0.1) is 0 Å². The molecule has 5 nitrogen and oxygen atoms in total. The number of hydrogen-bond acceptors (Lipinski definition) is 3. The zero-order valence-electron chi connectivity index (χ0n) is 16.6. The summed E-state index contributed by atoms with van der Waals surface area (Å²) in [7, 11) is 4.21. The Balaban J connectivity index is 1.48. The van der Waals surface area contributed by atoms with E-state index in [4.69, 9.17) is 0 Å². The number of aromatic nitrogens is 2. The molecule has 28 heavy (non-hydrogen) atoms. The number of H-pyrrole nitrogens is 1. The van der Waals surface area contributed by atoms with E-state index in [1.54, 1.807) is 6.07 Å². The molecule has 1 N–H and O–H groups in total. The van der Waals surface area contributed by atoms with Crippen molar-refractivity contribution in [2.75, 3.05) is 33.7 Å². The first-order valence-electron chi connectivity index (χ1n) is 10.2. The van der Waals surface area contributed by atoms with E-state index in [2.05, 4.69) is 63.8 Å². The Morgan fingerprint density at radius 3 is 2.82 bits per heavy atom. The van der Waals surface area contributed by atoms with Crippen LogP contribution < -0.4 is 5.56 Å². The number of likely N-dealkylation sites (N-methyl/N-ethyl adjacent to an activating group) is 1. The minimum atomic E-state index is 0.157. The Labute approximate surface area is 165 Å². The molecule has 2 aliphatic heterocycles. The summed E-state index contributed by atoms with van der Waals surface area (Å²) in [6.45, 7) is 3.95. The summed E-state index contributed by atoms with van der Waals surface area (Å²) in [6.07, 6.45) is 3.21. The van der Waals surface area contributed by atoms with Gasteiger partial charge in [-0.1, -0.05) is 18.2 Å². The van der Waals surface area contributed by atoms with Crippen LogP contribution in [0.5, 0.6) is 0 Å². The Morgan fingerprint density at radius 1 is 1.11 bits per heavy atom. The second-order valence-corrected chi connectivity index (χ2v) is 8.73. The first kappa shape index (κ1) is 17.7. The molecular formula is C23H28N4O. The summed E-state index contributed by atoms with van der Waals surface area (Å²) in [4.78, 5) is 20.8. The maximum Gasteiger partial charge on any atom is 0.251 e. The van der Waals surface area contributed by atoms with Crippen LogP contribution in [0.1, 0.15) is 29.6 Å². The van der Waals surface area contributed by atoms with E-state index >= 15 is 0 Å². The fraction of sp³-hybridized carbons (Fsp3) is 0.435. The SMILES string of the molecule is CN(C)C[C@H]1[C@H]2C[C@H](CN(Cc3cccc4[nH]ccc34)C2)c2cccc(=O)n21. The molecule has 5 heteroatoms. The summed E-state index contributed by atoms with van der Waals surface area (Å²) in [5, 5.41) is 1.32. The van der Waals surface area contributed by atoms with Gasteiger partial charge in [-0.3, -0.25) is 9.69 Å². The number of rotatable bonds is 4. The molecule has 2 aliphatic rings. The number of nitrogens with zero attached hydrogens (tertiary/aromatic N) is 3. The van der Waals surface area contributed by atoms with E-state index < -0.39 is 0 Å². The third kappa shape index (κ3) is 2.99. The maximum absolute atomic E-state index is 12.7. The Kier molecular flexibility index (Phi) is 4.37. The molecule has 2 aromatic heterocycles. The van der Waals surface area contributed by atoms with E-state index in [9.17, 15) is 4.79 Å². The number of nitrogens with one attached hydrogen (secondary N) is 1. The van der Waals surface area contributed by atoms with Gasteiger partial charge in [0.15, 0.2) is 0 Å². The summed E-state index contributed by atoms with van der Waals surface area (Å²) in [5.41, 5.74) is 3.97. The molecule has 1 aromatic carbocycles. The van der Waals surface area contributed by atoms with Crippen LogP contribution in [0.4, 0.5) is 0 Å². The largest absolute Gasteiger partial charge is 0.361 e. The highest BCUT2D eigenvalue weighted by atomic mass is 16.1. The number of hydrogen-bond donors (Lipinski definition) is 1. The molecule has 0 spiro atoms. The lowest BCUT2D eigenvalue weighted by Crippen LogP contribution is -2.51. The summed E-state index contributed by atoms with van der Waals surface area (Å²) < 4.78 is 2.10. The van der Waals surface area contributed by atoms with Crippen molar-refractivity contribution >= 4 is 10.9 Å². The minimum absolute atomic E-state index is 0.157. The van der Waals surface area contributed by atoms with Crippen LogP contribution >= 0.6 is 0 Å². The van der Waals surface area contributed by atoms with Gasteiger partial charge in [0.2, 0.25) is 0 Å². The molecule has 1 saturated heterocycles. The lowest BCUT2D eigenvalue weighted by molar-refractivity contribution is 0.0746. The predicted molar refractivity (Wildman–Crippen MR) is 113 cm³/mol. The van der Waals surface area contributed by atoms with Crippen molar-refractivity contribution < 1.29 is 0 Å². The zero-order chi connectivity index (χ0) is 19.3. The first-order valence-corrected chi connectivity index (χ1v) is 10.2. The van der Waals surface area contributed by atoms with Crippen molar-refractivity contribution in [2.45, 2.75) is 24.9 Å². The van der Waals surface area contributed by atoms with Crippen molar-refractivity contribution in [1.29, 1.82) is 0 Å². The molecular weight excluding hydrogens is 348 g/mol. The zero-order valence-corrected chi connectivity index (χ0v) is 16.6.